The Bertz CT molecular complexity index is 636. The average molecular weight is 317 g/mol. The van der Waals surface area contributed by atoms with Crippen LogP contribution in [0.1, 0.15) is 30.5 Å². The third-order valence-electron chi connectivity index (χ3n) is 3.36. The first-order valence-corrected chi connectivity index (χ1v) is 8.32. The van der Waals surface area contributed by atoms with Crippen molar-refractivity contribution in [3.05, 3.63) is 45.6 Å². The van der Waals surface area contributed by atoms with Gasteiger partial charge >= 0.3 is 0 Å². The SMILES string of the molecule is CC(C)Cc1cc(OCCc2ccsc2)c(N)c(C(=N)N)c1. The van der Waals surface area contributed by atoms with Crippen LogP contribution in [0.2, 0.25) is 0 Å². The quantitative estimate of drug-likeness (QED) is 0.415. The van der Waals surface area contributed by atoms with Crippen LogP contribution in [0.4, 0.5) is 5.69 Å². The van der Waals surface area contributed by atoms with E-state index in [9.17, 15) is 0 Å². The highest BCUT2D eigenvalue weighted by atomic mass is 32.1. The number of anilines is 1. The fourth-order valence-electron chi connectivity index (χ4n) is 2.33. The van der Waals surface area contributed by atoms with E-state index in [1.807, 2.05) is 12.1 Å². The maximum absolute atomic E-state index is 7.69. The molecule has 5 N–H and O–H groups in total. The van der Waals surface area contributed by atoms with Crippen LogP contribution in [0, 0.1) is 11.3 Å². The van der Waals surface area contributed by atoms with E-state index in [0.29, 0.717) is 29.5 Å². The largest absolute Gasteiger partial charge is 0.491 e. The van der Waals surface area contributed by atoms with Gasteiger partial charge in [0.15, 0.2) is 0 Å². The zero-order chi connectivity index (χ0) is 16.1. The number of benzene rings is 1. The van der Waals surface area contributed by atoms with Crippen molar-refractivity contribution in [1.82, 2.24) is 0 Å². The second-order valence-electron chi connectivity index (χ2n) is 5.80. The number of nitrogen functional groups attached to an aromatic ring is 2. The molecule has 1 aromatic carbocycles. The molecule has 0 bridgehead atoms. The predicted octanol–water partition coefficient (Wildman–Crippen LogP) is 3.43. The van der Waals surface area contributed by atoms with Crippen LogP contribution in [0.5, 0.6) is 5.75 Å². The molecule has 0 saturated carbocycles. The Balaban J connectivity index is 2.16. The normalized spacial score (nSPS) is 10.9. The van der Waals surface area contributed by atoms with Crippen molar-refractivity contribution in [3.63, 3.8) is 0 Å². The molecule has 0 radical (unpaired) electrons. The van der Waals surface area contributed by atoms with Gasteiger partial charge in [0.1, 0.15) is 11.6 Å². The van der Waals surface area contributed by atoms with Crippen molar-refractivity contribution >= 4 is 22.9 Å². The molecule has 0 atom stereocenters. The minimum absolute atomic E-state index is 0.0224. The second kappa shape index (κ2) is 7.31. The predicted molar refractivity (Wildman–Crippen MR) is 93.9 cm³/mol. The molecule has 1 heterocycles. The third kappa shape index (κ3) is 4.24. The first kappa shape index (κ1) is 16.4. The van der Waals surface area contributed by atoms with Gasteiger partial charge in [-0.1, -0.05) is 13.8 Å². The lowest BCUT2D eigenvalue weighted by Crippen LogP contribution is -2.16. The van der Waals surface area contributed by atoms with Crippen molar-refractivity contribution in [2.75, 3.05) is 12.3 Å². The van der Waals surface area contributed by atoms with Crippen LogP contribution in [-0.2, 0) is 12.8 Å². The Morgan fingerprint density at radius 2 is 2.09 bits per heavy atom. The molecule has 0 saturated heterocycles. The Labute approximate surface area is 135 Å². The molecule has 0 aliphatic rings. The van der Waals surface area contributed by atoms with Crippen molar-refractivity contribution in [2.45, 2.75) is 26.7 Å². The number of nitrogens with two attached hydrogens (primary N) is 2. The summed E-state index contributed by atoms with van der Waals surface area (Å²) in [6.07, 6.45) is 1.74. The first-order chi connectivity index (χ1) is 10.5. The first-order valence-electron chi connectivity index (χ1n) is 7.38. The highest BCUT2D eigenvalue weighted by Gasteiger charge is 2.12. The fourth-order valence-corrected chi connectivity index (χ4v) is 3.03. The van der Waals surface area contributed by atoms with E-state index in [2.05, 4.69) is 30.7 Å². The topological polar surface area (TPSA) is 85.1 Å². The van der Waals surface area contributed by atoms with E-state index in [-0.39, 0.29) is 5.84 Å². The summed E-state index contributed by atoms with van der Waals surface area (Å²) < 4.78 is 5.85. The van der Waals surface area contributed by atoms with E-state index in [4.69, 9.17) is 21.6 Å². The van der Waals surface area contributed by atoms with E-state index in [1.54, 1.807) is 11.3 Å². The zero-order valence-corrected chi connectivity index (χ0v) is 13.9. The standard InChI is InChI=1S/C17H23N3OS/c1-11(2)7-13-8-14(17(19)20)16(18)15(9-13)21-5-3-12-4-6-22-10-12/h4,6,8-11H,3,5,7,18H2,1-2H3,(H3,19,20). The number of amidine groups is 1. The van der Waals surface area contributed by atoms with Gasteiger partial charge in [0.05, 0.1) is 12.3 Å². The number of thiophene rings is 1. The van der Waals surface area contributed by atoms with Crippen LogP contribution >= 0.6 is 11.3 Å². The monoisotopic (exact) mass is 317 g/mol. The second-order valence-corrected chi connectivity index (χ2v) is 6.58. The van der Waals surface area contributed by atoms with Crippen LogP contribution in [0.3, 0.4) is 0 Å². The summed E-state index contributed by atoms with van der Waals surface area (Å²) in [6, 6.07) is 5.95. The van der Waals surface area contributed by atoms with Crippen molar-refractivity contribution in [3.8, 4) is 5.75 Å². The van der Waals surface area contributed by atoms with Gasteiger partial charge in [0.25, 0.3) is 0 Å². The molecular formula is C17H23N3OS. The molecular weight excluding hydrogens is 294 g/mol. The van der Waals surface area contributed by atoms with Gasteiger partial charge in [-0.3, -0.25) is 5.41 Å². The maximum Gasteiger partial charge on any atom is 0.143 e. The van der Waals surface area contributed by atoms with Gasteiger partial charge in [0.2, 0.25) is 0 Å². The van der Waals surface area contributed by atoms with Crippen molar-refractivity contribution in [1.29, 1.82) is 5.41 Å². The summed E-state index contributed by atoms with van der Waals surface area (Å²) >= 11 is 1.68. The molecule has 118 valence electrons. The summed E-state index contributed by atoms with van der Waals surface area (Å²) in [7, 11) is 0. The third-order valence-corrected chi connectivity index (χ3v) is 4.10. The molecule has 0 aliphatic carbocycles. The van der Waals surface area contributed by atoms with Crippen LogP contribution in [-0.4, -0.2) is 12.4 Å². The van der Waals surface area contributed by atoms with Crippen molar-refractivity contribution < 1.29 is 4.74 Å². The number of hydrogen-bond acceptors (Lipinski definition) is 4. The van der Waals surface area contributed by atoms with E-state index in [0.717, 1.165) is 18.4 Å². The lowest BCUT2D eigenvalue weighted by atomic mass is 9.99. The van der Waals surface area contributed by atoms with Gasteiger partial charge < -0.3 is 16.2 Å². The molecule has 0 spiro atoms. The Morgan fingerprint density at radius 1 is 1.32 bits per heavy atom. The molecule has 2 aromatic rings. The molecule has 0 unspecified atom stereocenters. The van der Waals surface area contributed by atoms with Gasteiger partial charge in [-0.05, 0) is 52.4 Å². The summed E-state index contributed by atoms with van der Waals surface area (Å²) in [4.78, 5) is 0. The minimum atomic E-state index is -0.0224. The highest BCUT2D eigenvalue weighted by molar-refractivity contribution is 7.07. The summed E-state index contributed by atoms with van der Waals surface area (Å²) in [5.74, 6) is 1.12. The maximum atomic E-state index is 7.69. The number of rotatable bonds is 7. The Kier molecular flexibility index (Phi) is 5.44. The molecule has 5 heteroatoms. The van der Waals surface area contributed by atoms with Crippen LogP contribution in [0.15, 0.2) is 29.0 Å². The number of hydrogen-bond donors (Lipinski definition) is 3. The molecule has 4 nitrogen and oxygen atoms in total. The molecule has 22 heavy (non-hydrogen) atoms. The van der Waals surface area contributed by atoms with Crippen molar-refractivity contribution in [2.24, 2.45) is 11.7 Å². The molecule has 0 aliphatic heterocycles. The van der Waals surface area contributed by atoms with E-state index in [1.165, 1.54) is 5.56 Å². The Morgan fingerprint density at radius 3 is 2.68 bits per heavy atom. The summed E-state index contributed by atoms with van der Waals surface area (Å²) in [5, 5.41) is 11.9. The molecule has 1 aromatic heterocycles. The Hall–Kier alpha value is -2.01. The smallest absolute Gasteiger partial charge is 0.143 e. The lowest BCUT2D eigenvalue weighted by molar-refractivity contribution is 0.323. The summed E-state index contributed by atoms with van der Waals surface area (Å²) in [6.45, 7) is 4.87. The number of ether oxygens (including phenoxy) is 1. The van der Waals surface area contributed by atoms with Gasteiger partial charge in [-0.15, -0.1) is 0 Å². The van der Waals surface area contributed by atoms with Gasteiger partial charge in [-0.25, -0.2) is 0 Å². The fraction of sp³-hybridized carbons (Fsp3) is 0.353. The molecule has 0 fully saturated rings. The zero-order valence-electron chi connectivity index (χ0n) is 13.1. The van der Waals surface area contributed by atoms with E-state index >= 15 is 0 Å². The van der Waals surface area contributed by atoms with E-state index < -0.39 is 0 Å². The molecule has 0 amide bonds. The minimum Gasteiger partial charge on any atom is -0.491 e. The summed E-state index contributed by atoms with van der Waals surface area (Å²) in [5.41, 5.74) is 15.1. The van der Waals surface area contributed by atoms with Gasteiger partial charge in [0, 0.05) is 12.0 Å². The number of nitrogens with one attached hydrogen (secondary N) is 1. The average Bonchev–Trinajstić information content (AvgIpc) is 2.94. The van der Waals surface area contributed by atoms with Crippen LogP contribution < -0.4 is 16.2 Å². The molecule has 2 rings (SSSR count). The van der Waals surface area contributed by atoms with Crippen LogP contribution in [0.25, 0.3) is 0 Å². The lowest BCUT2D eigenvalue weighted by Gasteiger charge is -2.15. The highest BCUT2D eigenvalue weighted by Crippen LogP contribution is 2.29. The van der Waals surface area contributed by atoms with Gasteiger partial charge in [-0.2, -0.15) is 11.3 Å².